The SMILES string of the molecule is CON=C(c1ccc(Cl)cc1)C1CC1. The molecule has 0 N–H and O–H groups in total. The third-order valence-electron chi connectivity index (χ3n) is 2.29. The molecule has 2 rings (SSSR count). The van der Waals surface area contributed by atoms with E-state index in [0.717, 1.165) is 16.3 Å². The maximum absolute atomic E-state index is 5.82. The number of benzene rings is 1. The molecule has 2 nitrogen and oxygen atoms in total. The highest BCUT2D eigenvalue weighted by Crippen LogP contribution is 2.33. The minimum atomic E-state index is 0.580. The lowest BCUT2D eigenvalue weighted by atomic mass is 10.1. The molecule has 3 heteroatoms. The summed E-state index contributed by atoms with van der Waals surface area (Å²) in [4.78, 5) is 4.84. The molecular weight excluding hydrogens is 198 g/mol. The fourth-order valence-electron chi connectivity index (χ4n) is 1.44. The van der Waals surface area contributed by atoms with Gasteiger partial charge < -0.3 is 4.84 Å². The van der Waals surface area contributed by atoms with Crippen molar-refractivity contribution in [1.29, 1.82) is 0 Å². The van der Waals surface area contributed by atoms with Crippen LogP contribution in [0.25, 0.3) is 0 Å². The lowest BCUT2D eigenvalue weighted by Crippen LogP contribution is -2.03. The quantitative estimate of drug-likeness (QED) is 0.554. The first-order chi connectivity index (χ1) is 6.81. The first-order valence-corrected chi connectivity index (χ1v) is 5.06. The van der Waals surface area contributed by atoms with E-state index in [0.29, 0.717) is 5.92 Å². The standard InChI is InChI=1S/C11H12ClNO/c1-14-13-11(8-2-3-8)9-4-6-10(12)7-5-9/h4-8H,2-3H2,1H3. The van der Waals surface area contributed by atoms with Gasteiger partial charge in [-0.2, -0.15) is 0 Å². The third kappa shape index (κ3) is 2.07. The molecule has 0 bridgehead atoms. The van der Waals surface area contributed by atoms with Crippen molar-refractivity contribution in [2.24, 2.45) is 11.1 Å². The van der Waals surface area contributed by atoms with Crippen molar-refractivity contribution < 1.29 is 4.84 Å². The van der Waals surface area contributed by atoms with Crippen LogP contribution in [0, 0.1) is 5.92 Å². The molecule has 1 aromatic carbocycles. The second kappa shape index (κ2) is 4.01. The molecule has 1 fully saturated rings. The van der Waals surface area contributed by atoms with E-state index in [1.165, 1.54) is 12.8 Å². The Kier molecular flexibility index (Phi) is 2.73. The molecule has 1 saturated carbocycles. The van der Waals surface area contributed by atoms with E-state index >= 15 is 0 Å². The third-order valence-corrected chi connectivity index (χ3v) is 2.55. The first-order valence-electron chi connectivity index (χ1n) is 4.68. The van der Waals surface area contributed by atoms with Gasteiger partial charge in [-0.1, -0.05) is 28.9 Å². The van der Waals surface area contributed by atoms with Crippen LogP contribution in [0.2, 0.25) is 5.02 Å². The predicted octanol–water partition coefficient (Wildman–Crippen LogP) is 3.10. The van der Waals surface area contributed by atoms with Gasteiger partial charge >= 0.3 is 0 Å². The van der Waals surface area contributed by atoms with Crippen molar-refractivity contribution in [1.82, 2.24) is 0 Å². The van der Waals surface area contributed by atoms with E-state index in [4.69, 9.17) is 16.4 Å². The number of halogens is 1. The fourth-order valence-corrected chi connectivity index (χ4v) is 1.56. The highest BCUT2D eigenvalue weighted by Gasteiger charge is 2.29. The summed E-state index contributed by atoms with van der Waals surface area (Å²) in [6, 6.07) is 7.73. The van der Waals surface area contributed by atoms with Crippen LogP contribution in [-0.4, -0.2) is 12.8 Å². The van der Waals surface area contributed by atoms with E-state index in [9.17, 15) is 0 Å². The topological polar surface area (TPSA) is 21.6 Å². The zero-order valence-corrected chi connectivity index (χ0v) is 8.79. The zero-order chi connectivity index (χ0) is 9.97. The lowest BCUT2D eigenvalue weighted by molar-refractivity contribution is 0.212. The van der Waals surface area contributed by atoms with Crippen molar-refractivity contribution >= 4 is 17.3 Å². The monoisotopic (exact) mass is 209 g/mol. The Labute approximate surface area is 88.5 Å². The van der Waals surface area contributed by atoms with Crippen LogP contribution in [0.4, 0.5) is 0 Å². The second-order valence-electron chi connectivity index (χ2n) is 3.44. The molecule has 1 aromatic rings. The van der Waals surface area contributed by atoms with Crippen molar-refractivity contribution in [3.05, 3.63) is 34.9 Å². The molecule has 0 aliphatic heterocycles. The zero-order valence-electron chi connectivity index (χ0n) is 8.03. The average molecular weight is 210 g/mol. The van der Waals surface area contributed by atoms with Crippen molar-refractivity contribution in [3.63, 3.8) is 0 Å². The summed E-state index contributed by atoms with van der Waals surface area (Å²) in [5, 5.41) is 4.81. The van der Waals surface area contributed by atoms with Gasteiger partial charge in [-0.25, -0.2) is 0 Å². The Morgan fingerprint density at radius 2 is 2.00 bits per heavy atom. The largest absolute Gasteiger partial charge is 0.399 e. The smallest absolute Gasteiger partial charge is 0.106 e. The van der Waals surface area contributed by atoms with E-state index < -0.39 is 0 Å². The number of oxime groups is 1. The molecule has 1 aliphatic carbocycles. The van der Waals surface area contributed by atoms with Crippen LogP contribution in [-0.2, 0) is 4.84 Å². The Morgan fingerprint density at radius 3 is 2.50 bits per heavy atom. The predicted molar refractivity (Wildman–Crippen MR) is 57.7 cm³/mol. The van der Waals surface area contributed by atoms with E-state index in [1.807, 2.05) is 24.3 Å². The van der Waals surface area contributed by atoms with Gasteiger partial charge in [0.25, 0.3) is 0 Å². The number of nitrogens with zero attached hydrogens (tertiary/aromatic N) is 1. The molecule has 0 radical (unpaired) electrons. The van der Waals surface area contributed by atoms with E-state index in [-0.39, 0.29) is 0 Å². The molecule has 0 aromatic heterocycles. The highest BCUT2D eigenvalue weighted by atomic mass is 35.5. The van der Waals surface area contributed by atoms with Gasteiger partial charge in [0, 0.05) is 10.9 Å². The summed E-state index contributed by atoms with van der Waals surface area (Å²) in [7, 11) is 1.58. The first kappa shape index (κ1) is 9.53. The van der Waals surface area contributed by atoms with Gasteiger partial charge in [0.15, 0.2) is 0 Å². The summed E-state index contributed by atoms with van der Waals surface area (Å²) in [6.07, 6.45) is 2.43. The van der Waals surface area contributed by atoms with Gasteiger partial charge in [-0.15, -0.1) is 0 Å². The van der Waals surface area contributed by atoms with Crippen LogP contribution in [0.5, 0.6) is 0 Å². The van der Waals surface area contributed by atoms with Crippen LogP contribution in [0.3, 0.4) is 0 Å². The number of rotatable bonds is 3. The molecule has 14 heavy (non-hydrogen) atoms. The molecule has 74 valence electrons. The molecule has 0 spiro atoms. The van der Waals surface area contributed by atoms with Crippen molar-refractivity contribution in [2.45, 2.75) is 12.8 Å². The van der Waals surface area contributed by atoms with E-state index in [2.05, 4.69) is 5.16 Å². The van der Waals surface area contributed by atoms with Gasteiger partial charge in [-0.05, 0) is 30.5 Å². The van der Waals surface area contributed by atoms with Crippen LogP contribution in [0.15, 0.2) is 29.4 Å². The molecule has 0 heterocycles. The molecule has 0 saturated heterocycles. The maximum atomic E-state index is 5.82. The maximum Gasteiger partial charge on any atom is 0.106 e. The number of hydrogen-bond acceptors (Lipinski definition) is 2. The summed E-state index contributed by atoms with van der Waals surface area (Å²) < 4.78 is 0. The Hall–Kier alpha value is -1.02. The fraction of sp³-hybridized carbons (Fsp3) is 0.364. The van der Waals surface area contributed by atoms with Crippen molar-refractivity contribution in [2.75, 3.05) is 7.11 Å². The minimum Gasteiger partial charge on any atom is -0.399 e. The van der Waals surface area contributed by atoms with Crippen molar-refractivity contribution in [3.8, 4) is 0 Å². The normalized spacial score (nSPS) is 16.9. The second-order valence-corrected chi connectivity index (χ2v) is 3.88. The summed E-state index contributed by atoms with van der Waals surface area (Å²) in [5.41, 5.74) is 2.16. The highest BCUT2D eigenvalue weighted by molar-refractivity contribution is 6.30. The Bertz CT molecular complexity index is 341. The lowest BCUT2D eigenvalue weighted by Gasteiger charge is -2.03. The molecule has 0 amide bonds. The molecule has 0 atom stereocenters. The summed E-state index contributed by atoms with van der Waals surface area (Å²) in [5.74, 6) is 0.580. The van der Waals surface area contributed by atoms with Crippen LogP contribution >= 0.6 is 11.6 Å². The van der Waals surface area contributed by atoms with E-state index in [1.54, 1.807) is 7.11 Å². The summed E-state index contributed by atoms with van der Waals surface area (Å²) in [6.45, 7) is 0. The molecule has 1 aliphatic rings. The van der Waals surface area contributed by atoms with Gasteiger partial charge in [-0.3, -0.25) is 0 Å². The van der Waals surface area contributed by atoms with Gasteiger partial charge in [0.2, 0.25) is 0 Å². The van der Waals surface area contributed by atoms with Crippen LogP contribution in [0.1, 0.15) is 18.4 Å². The van der Waals surface area contributed by atoms with Crippen LogP contribution < -0.4 is 0 Å². The average Bonchev–Trinajstić information content (AvgIpc) is 2.99. The molecular formula is C11H12ClNO. The van der Waals surface area contributed by atoms with Gasteiger partial charge in [0.05, 0.1) is 5.71 Å². The molecule has 0 unspecified atom stereocenters. The Morgan fingerprint density at radius 1 is 1.36 bits per heavy atom. The summed E-state index contributed by atoms with van der Waals surface area (Å²) >= 11 is 5.82. The Balaban J connectivity index is 2.26. The minimum absolute atomic E-state index is 0.580. The number of hydrogen-bond donors (Lipinski definition) is 0. The van der Waals surface area contributed by atoms with Gasteiger partial charge in [0.1, 0.15) is 7.11 Å².